The van der Waals surface area contributed by atoms with E-state index in [1.807, 2.05) is 12.1 Å². The van der Waals surface area contributed by atoms with Gasteiger partial charge in [-0.05, 0) is 55.7 Å². The minimum absolute atomic E-state index is 0.0417. The zero-order valence-corrected chi connectivity index (χ0v) is 13.2. The summed E-state index contributed by atoms with van der Waals surface area (Å²) in [5, 5.41) is 0. The van der Waals surface area contributed by atoms with Crippen LogP contribution in [0.1, 0.15) is 43.7 Å². The zero-order valence-electron chi connectivity index (χ0n) is 12.4. The zero-order chi connectivity index (χ0) is 15.1. The molecule has 0 bridgehead atoms. The molecule has 2 N–H and O–H groups in total. The smallest absolute Gasteiger partial charge is 0.175 e. The number of benzene rings is 1. The molecule has 2 atom stereocenters. The number of hydrogen-bond acceptors (Lipinski definition) is 4. The average Bonchev–Trinajstić information content (AvgIpc) is 2.44. The van der Waals surface area contributed by atoms with Gasteiger partial charge in [-0.2, -0.15) is 0 Å². The van der Waals surface area contributed by atoms with Gasteiger partial charge in [-0.1, -0.05) is 12.1 Å². The third kappa shape index (κ3) is 3.00. The van der Waals surface area contributed by atoms with Gasteiger partial charge in [0, 0.05) is 18.9 Å². The van der Waals surface area contributed by atoms with Gasteiger partial charge in [-0.15, -0.1) is 0 Å². The Labute approximate surface area is 126 Å². The molecule has 4 nitrogen and oxygen atoms in total. The summed E-state index contributed by atoms with van der Waals surface area (Å²) in [7, 11) is -3.14. The molecule has 5 heteroatoms. The number of sulfone groups is 1. The van der Waals surface area contributed by atoms with E-state index >= 15 is 0 Å². The number of ether oxygens (including phenoxy) is 1. The SMILES string of the molecule is CS(=O)(=O)c1ccc(C(N)C2CCOC3(CCC3)C2)cc1. The van der Waals surface area contributed by atoms with Crippen LogP contribution in [0.15, 0.2) is 29.2 Å². The third-order valence-corrected chi connectivity index (χ3v) is 6.13. The van der Waals surface area contributed by atoms with E-state index in [0.717, 1.165) is 37.9 Å². The molecule has 21 heavy (non-hydrogen) atoms. The summed E-state index contributed by atoms with van der Waals surface area (Å²) in [6.45, 7) is 0.791. The Hall–Kier alpha value is -0.910. The van der Waals surface area contributed by atoms with Gasteiger partial charge in [-0.25, -0.2) is 8.42 Å². The van der Waals surface area contributed by atoms with E-state index in [-0.39, 0.29) is 11.6 Å². The molecule has 0 amide bonds. The molecule has 116 valence electrons. The molecule has 3 rings (SSSR count). The molecule has 1 saturated heterocycles. The molecular formula is C16H23NO3S. The maximum absolute atomic E-state index is 11.5. The summed E-state index contributed by atoms with van der Waals surface area (Å²) in [4.78, 5) is 0.348. The molecule has 1 spiro atoms. The molecule has 1 saturated carbocycles. The van der Waals surface area contributed by atoms with Crippen LogP contribution >= 0.6 is 0 Å². The molecule has 2 unspecified atom stereocenters. The van der Waals surface area contributed by atoms with Gasteiger partial charge in [0.15, 0.2) is 9.84 Å². The Kier molecular flexibility index (Phi) is 3.84. The Bertz CT molecular complexity index is 605. The first-order valence-electron chi connectivity index (χ1n) is 7.59. The van der Waals surface area contributed by atoms with Crippen molar-refractivity contribution in [1.82, 2.24) is 0 Å². The summed E-state index contributed by atoms with van der Waals surface area (Å²) in [5.41, 5.74) is 7.53. The highest BCUT2D eigenvalue weighted by atomic mass is 32.2. The Morgan fingerprint density at radius 3 is 2.48 bits per heavy atom. The fourth-order valence-electron chi connectivity index (χ4n) is 3.50. The lowest BCUT2D eigenvalue weighted by Gasteiger charge is -2.48. The molecule has 1 heterocycles. The summed E-state index contributed by atoms with van der Waals surface area (Å²) < 4.78 is 28.9. The first-order valence-corrected chi connectivity index (χ1v) is 9.48. The van der Waals surface area contributed by atoms with E-state index in [1.165, 1.54) is 12.7 Å². The van der Waals surface area contributed by atoms with Crippen LogP contribution in [0.25, 0.3) is 0 Å². The molecular weight excluding hydrogens is 286 g/mol. The Morgan fingerprint density at radius 2 is 1.95 bits per heavy atom. The van der Waals surface area contributed by atoms with E-state index < -0.39 is 9.84 Å². The van der Waals surface area contributed by atoms with Gasteiger partial charge >= 0.3 is 0 Å². The third-order valence-electron chi connectivity index (χ3n) is 5.00. The van der Waals surface area contributed by atoms with E-state index in [4.69, 9.17) is 10.5 Å². The molecule has 2 fully saturated rings. The van der Waals surface area contributed by atoms with Crippen LogP contribution in [0, 0.1) is 5.92 Å². The monoisotopic (exact) mass is 309 g/mol. The normalized spacial score (nSPS) is 26.3. The second-order valence-electron chi connectivity index (χ2n) is 6.50. The lowest BCUT2D eigenvalue weighted by molar-refractivity contribution is -0.146. The van der Waals surface area contributed by atoms with Crippen molar-refractivity contribution in [3.8, 4) is 0 Å². The van der Waals surface area contributed by atoms with Crippen molar-refractivity contribution in [2.45, 2.75) is 48.6 Å². The van der Waals surface area contributed by atoms with Crippen molar-refractivity contribution in [1.29, 1.82) is 0 Å². The van der Waals surface area contributed by atoms with Gasteiger partial charge in [0.2, 0.25) is 0 Å². The van der Waals surface area contributed by atoms with Crippen LogP contribution in [-0.4, -0.2) is 26.9 Å². The fourth-order valence-corrected chi connectivity index (χ4v) is 4.13. The predicted octanol–water partition coefficient (Wildman–Crippen LogP) is 2.44. The predicted molar refractivity (Wildman–Crippen MR) is 81.7 cm³/mol. The van der Waals surface area contributed by atoms with Gasteiger partial charge in [-0.3, -0.25) is 0 Å². The van der Waals surface area contributed by atoms with Gasteiger partial charge < -0.3 is 10.5 Å². The first kappa shape index (κ1) is 15.0. The summed E-state index contributed by atoms with van der Waals surface area (Å²) in [6, 6.07) is 6.97. The molecule has 0 aromatic heterocycles. The standard InChI is InChI=1S/C16H23NO3S/c1-21(18,19)14-5-3-12(4-6-14)15(17)13-7-10-20-16(11-13)8-2-9-16/h3-6,13,15H,2,7-11,17H2,1H3. The summed E-state index contributed by atoms with van der Waals surface area (Å²) >= 11 is 0. The lowest BCUT2D eigenvalue weighted by atomic mass is 9.70. The van der Waals surface area contributed by atoms with E-state index in [1.54, 1.807) is 12.1 Å². The highest BCUT2D eigenvalue weighted by Gasteiger charge is 2.43. The number of rotatable bonds is 3. The van der Waals surface area contributed by atoms with Crippen molar-refractivity contribution in [3.05, 3.63) is 29.8 Å². The topological polar surface area (TPSA) is 69.4 Å². The first-order chi connectivity index (χ1) is 9.90. The molecule has 1 aliphatic carbocycles. The second-order valence-corrected chi connectivity index (χ2v) is 8.52. The number of hydrogen-bond donors (Lipinski definition) is 1. The van der Waals surface area contributed by atoms with Gasteiger partial charge in [0.05, 0.1) is 10.5 Å². The molecule has 1 aliphatic heterocycles. The second kappa shape index (κ2) is 5.38. The number of nitrogens with two attached hydrogens (primary N) is 1. The summed E-state index contributed by atoms with van der Waals surface area (Å²) in [5.74, 6) is 0.420. The van der Waals surface area contributed by atoms with Crippen molar-refractivity contribution in [2.75, 3.05) is 12.9 Å². The highest BCUT2D eigenvalue weighted by molar-refractivity contribution is 7.90. The molecule has 1 aromatic rings. The van der Waals surface area contributed by atoms with E-state index in [9.17, 15) is 8.42 Å². The molecule has 1 aromatic carbocycles. The minimum Gasteiger partial charge on any atom is -0.375 e. The van der Waals surface area contributed by atoms with Crippen LogP contribution in [0.3, 0.4) is 0 Å². The van der Waals surface area contributed by atoms with Crippen molar-refractivity contribution < 1.29 is 13.2 Å². The maximum atomic E-state index is 11.5. The molecule has 2 aliphatic rings. The Balaban J connectivity index is 1.74. The van der Waals surface area contributed by atoms with Crippen LogP contribution < -0.4 is 5.73 Å². The van der Waals surface area contributed by atoms with Crippen LogP contribution in [0.2, 0.25) is 0 Å². The van der Waals surface area contributed by atoms with E-state index in [2.05, 4.69) is 0 Å². The van der Waals surface area contributed by atoms with Crippen LogP contribution in [0.5, 0.6) is 0 Å². The van der Waals surface area contributed by atoms with Crippen LogP contribution in [0.4, 0.5) is 0 Å². The quantitative estimate of drug-likeness (QED) is 0.931. The lowest BCUT2D eigenvalue weighted by Crippen LogP contribution is -2.47. The highest BCUT2D eigenvalue weighted by Crippen LogP contribution is 2.46. The maximum Gasteiger partial charge on any atom is 0.175 e. The summed E-state index contributed by atoms with van der Waals surface area (Å²) in [6.07, 6.45) is 6.80. The van der Waals surface area contributed by atoms with Crippen molar-refractivity contribution in [3.63, 3.8) is 0 Å². The van der Waals surface area contributed by atoms with Gasteiger partial charge in [0.1, 0.15) is 0 Å². The largest absolute Gasteiger partial charge is 0.375 e. The van der Waals surface area contributed by atoms with Crippen molar-refractivity contribution in [2.24, 2.45) is 11.7 Å². The fraction of sp³-hybridized carbons (Fsp3) is 0.625. The molecule has 0 radical (unpaired) electrons. The Morgan fingerprint density at radius 1 is 1.29 bits per heavy atom. The minimum atomic E-state index is -3.14. The average molecular weight is 309 g/mol. The van der Waals surface area contributed by atoms with Crippen LogP contribution in [-0.2, 0) is 14.6 Å². The van der Waals surface area contributed by atoms with Crippen molar-refractivity contribution >= 4 is 9.84 Å². The van der Waals surface area contributed by atoms with E-state index in [0.29, 0.717) is 10.8 Å². The van der Waals surface area contributed by atoms with Gasteiger partial charge in [0.25, 0.3) is 0 Å².